The molecule has 0 amide bonds. The zero-order chi connectivity index (χ0) is 9.54. The van der Waals surface area contributed by atoms with Crippen LogP contribution in [0.5, 0.6) is 5.75 Å². The number of phenolic OH excluding ortho intramolecular Hbond substituents is 1. The van der Waals surface area contributed by atoms with E-state index in [2.05, 4.69) is 11.4 Å². The molecule has 1 heterocycles. The van der Waals surface area contributed by atoms with Crippen molar-refractivity contribution in [3.8, 4) is 5.75 Å². The summed E-state index contributed by atoms with van der Waals surface area (Å²) in [7, 11) is 0. The highest BCUT2D eigenvalue weighted by Crippen LogP contribution is 2.37. The molecule has 0 saturated carbocycles. The van der Waals surface area contributed by atoms with E-state index in [1.807, 2.05) is 12.1 Å². The van der Waals surface area contributed by atoms with Gasteiger partial charge in [0.1, 0.15) is 5.75 Å². The van der Waals surface area contributed by atoms with Gasteiger partial charge in [0.05, 0.1) is 0 Å². The van der Waals surface area contributed by atoms with Crippen molar-refractivity contribution < 1.29 is 5.11 Å². The maximum absolute atomic E-state index is 9.43. The van der Waals surface area contributed by atoms with Crippen LogP contribution in [-0.2, 0) is 6.42 Å². The van der Waals surface area contributed by atoms with Crippen molar-refractivity contribution in [3.05, 3.63) is 29.3 Å². The van der Waals surface area contributed by atoms with Gasteiger partial charge in [-0.05, 0) is 55.0 Å². The lowest BCUT2D eigenvalue weighted by Crippen LogP contribution is -2.41. The van der Waals surface area contributed by atoms with Gasteiger partial charge in [-0.3, -0.25) is 0 Å². The second-order valence-electron chi connectivity index (χ2n) is 4.46. The number of aromatic hydroxyl groups is 1. The average molecular weight is 189 g/mol. The Labute approximate surface area is 84.0 Å². The van der Waals surface area contributed by atoms with Crippen LogP contribution in [0, 0.1) is 0 Å². The van der Waals surface area contributed by atoms with E-state index in [0.29, 0.717) is 11.8 Å². The lowest BCUT2D eigenvalue weighted by molar-refractivity contribution is 0.338. The van der Waals surface area contributed by atoms with Crippen molar-refractivity contribution >= 4 is 0 Å². The first-order valence-electron chi connectivity index (χ1n) is 5.38. The molecule has 1 fully saturated rings. The summed E-state index contributed by atoms with van der Waals surface area (Å²) in [5.74, 6) is 1.13. The molecule has 2 unspecified atom stereocenters. The molecule has 1 aromatic rings. The molecule has 2 aliphatic rings. The highest BCUT2D eigenvalue weighted by molar-refractivity contribution is 5.40. The van der Waals surface area contributed by atoms with Gasteiger partial charge in [-0.2, -0.15) is 0 Å². The molecule has 1 aliphatic heterocycles. The molecule has 2 nitrogen and oxygen atoms in total. The van der Waals surface area contributed by atoms with E-state index in [1.54, 1.807) is 0 Å². The van der Waals surface area contributed by atoms with Crippen LogP contribution in [0.4, 0.5) is 0 Å². The standard InChI is InChI=1S/C12H15NO/c14-11-1-2-12-8-3-4-13-10(5-8)6-9(12)7-11/h1-2,7-8,10,13-14H,3-6H2. The molecule has 2 atom stereocenters. The minimum Gasteiger partial charge on any atom is -0.508 e. The maximum Gasteiger partial charge on any atom is 0.115 e. The van der Waals surface area contributed by atoms with Crippen molar-refractivity contribution in [2.24, 2.45) is 0 Å². The Morgan fingerprint density at radius 2 is 2.29 bits per heavy atom. The van der Waals surface area contributed by atoms with Gasteiger partial charge in [0.25, 0.3) is 0 Å². The zero-order valence-corrected chi connectivity index (χ0v) is 8.16. The van der Waals surface area contributed by atoms with Gasteiger partial charge in [0.15, 0.2) is 0 Å². The minimum absolute atomic E-state index is 0.406. The normalized spacial score (nSPS) is 29.7. The van der Waals surface area contributed by atoms with E-state index in [1.165, 1.54) is 24.0 Å². The average Bonchev–Trinajstić information content (AvgIpc) is 2.17. The van der Waals surface area contributed by atoms with Crippen LogP contribution in [0.1, 0.15) is 29.9 Å². The Balaban J connectivity index is 2.06. The summed E-state index contributed by atoms with van der Waals surface area (Å²) in [4.78, 5) is 0. The Morgan fingerprint density at radius 3 is 3.21 bits per heavy atom. The fourth-order valence-corrected chi connectivity index (χ4v) is 2.88. The van der Waals surface area contributed by atoms with E-state index in [4.69, 9.17) is 0 Å². The molecule has 14 heavy (non-hydrogen) atoms. The molecular formula is C12H15NO. The summed E-state index contributed by atoms with van der Waals surface area (Å²) in [6.45, 7) is 1.15. The number of fused-ring (bicyclic) bond motifs is 4. The zero-order valence-electron chi connectivity index (χ0n) is 8.16. The van der Waals surface area contributed by atoms with Gasteiger partial charge in [-0.25, -0.2) is 0 Å². The van der Waals surface area contributed by atoms with E-state index >= 15 is 0 Å². The second kappa shape index (κ2) is 2.99. The molecule has 1 aromatic carbocycles. The minimum atomic E-state index is 0.406. The van der Waals surface area contributed by atoms with Crippen LogP contribution >= 0.6 is 0 Å². The Kier molecular flexibility index (Phi) is 1.77. The molecule has 3 rings (SSSR count). The third-order valence-electron chi connectivity index (χ3n) is 3.53. The van der Waals surface area contributed by atoms with E-state index < -0.39 is 0 Å². The quantitative estimate of drug-likeness (QED) is 0.652. The first-order chi connectivity index (χ1) is 6.83. The largest absolute Gasteiger partial charge is 0.508 e. The van der Waals surface area contributed by atoms with Crippen LogP contribution in [0.15, 0.2) is 18.2 Å². The summed E-state index contributed by atoms with van der Waals surface area (Å²) in [6, 6.07) is 6.50. The number of benzene rings is 1. The number of piperidine rings is 1. The van der Waals surface area contributed by atoms with Gasteiger partial charge < -0.3 is 10.4 Å². The Bertz CT molecular complexity index is 361. The third kappa shape index (κ3) is 1.22. The maximum atomic E-state index is 9.43. The van der Waals surface area contributed by atoms with Crippen LogP contribution in [0.3, 0.4) is 0 Å². The summed E-state index contributed by atoms with van der Waals surface area (Å²) in [6.07, 6.45) is 3.60. The summed E-state index contributed by atoms with van der Waals surface area (Å²) < 4.78 is 0. The topological polar surface area (TPSA) is 32.3 Å². The third-order valence-corrected chi connectivity index (χ3v) is 3.53. The predicted octanol–water partition coefficient (Wildman–Crippen LogP) is 1.78. The summed E-state index contributed by atoms with van der Waals surface area (Å²) in [5.41, 5.74) is 2.82. The van der Waals surface area contributed by atoms with Gasteiger partial charge in [-0.1, -0.05) is 6.07 Å². The second-order valence-corrected chi connectivity index (χ2v) is 4.46. The molecule has 2 heteroatoms. The molecule has 1 aliphatic carbocycles. The van der Waals surface area contributed by atoms with Crippen LogP contribution < -0.4 is 5.32 Å². The molecule has 0 spiro atoms. The lowest BCUT2D eigenvalue weighted by atomic mass is 9.76. The number of phenols is 1. The SMILES string of the molecule is Oc1ccc2c(c1)CC1CC2CCN1. The van der Waals surface area contributed by atoms with Crippen LogP contribution in [0.2, 0.25) is 0 Å². The Hall–Kier alpha value is -1.02. The van der Waals surface area contributed by atoms with Crippen molar-refractivity contribution in [2.45, 2.75) is 31.2 Å². The molecule has 74 valence electrons. The first-order valence-corrected chi connectivity index (χ1v) is 5.38. The summed E-state index contributed by atoms with van der Waals surface area (Å²) >= 11 is 0. The highest BCUT2D eigenvalue weighted by atomic mass is 16.3. The highest BCUT2D eigenvalue weighted by Gasteiger charge is 2.29. The van der Waals surface area contributed by atoms with Crippen LogP contribution in [-0.4, -0.2) is 17.7 Å². The molecule has 0 radical (unpaired) electrons. The van der Waals surface area contributed by atoms with Gasteiger partial charge in [0.2, 0.25) is 0 Å². The van der Waals surface area contributed by atoms with Crippen LogP contribution in [0.25, 0.3) is 0 Å². The van der Waals surface area contributed by atoms with E-state index in [9.17, 15) is 5.11 Å². The van der Waals surface area contributed by atoms with E-state index in [-0.39, 0.29) is 0 Å². The predicted molar refractivity (Wildman–Crippen MR) is 55.6 cm³/mol. The van der Waals surface area contributed by atoms with Gasteiger partial charge in [-0.15, -0.1) is 0 Å². The number of rotatable bonds is 0. The van der Waals surface area contributed by atoms with Crippen molar-refractivity contribution in [2.75, 3.05) is 6.54 Å². The number of nitrogens with one attached hydrogen (secondary N) is 1. The van der Waals surface area contributed by atoms with Gasteiger partial charge in [0, 0.05) is 6.04 Å². The van der Waals surface area contributed by atoms with Crippen molar-refractivity contribution in [3.63, 3.8) is 0 Å². The Morgan fingerprint density at radius 1 is 1.36 bits per heavy atom. The van der Waals surface area contributed by atoms with Crippen molar-refractivity contribution in [1.29, 1.82) is 0 Å². The first kappa shape index (κ1) is 8.30. The smallest absolute Gasteiger partial charge is 0.115 e. The molecular weight excluding hydrogens is 174 g/mol. The fourth-order valence-electron chi connectivity index (χ4n) is 2.88. The van der Waals surface area contributed by atoms with E-state index in [0.717, 1.165) is 18.9 Å². The molecule has 2 bridgehead atoms. The molecule has 2 N–H and O–H groups in total. The fraction of sp³-hybridized carbons (Fsp3) is 0.500. The molecule has 1 saturated heterocycles. The lowest BCUT2D eigenvalue weighted by Gasteiger charge is -2.37. The van der Waals surface area contributed by atoms with Crippen molar-refractivity contribution in [1.82, 2.24) is 5.32 Å². The molecule has 0 aromatic heterocycles. The monoisotopic (exact) mass is 189 g/mol. The number of hydrogen-bond donors (Lipinski definition) is 2. The van der Waals surface area contributed by atoms with Gasteiger partial charge >= 0.3 is 0 Å². The number of hydrogen-bond acceptors (Lipinski definition) is 2. The summed E-state index contributed by atoms with van der Waals surface area (Å²) in [5, 5.41) is 13.0.